The van der Waals surface area contributed by atoms with Gasteiger partial charge in [0, 0.05) is 6.08 Å². The lowest BCUT2D eigenvalue weighted by Gasteiger charge is -2.09. The van der Waals surface area contributed by atoms with Gasteiger partial charge >= 0.3 is 5.97 Å². The number of hydrogen-bond donors (Lipinski definition) is 2. The van der Waals surface area contributed by atoms with E-state index in [0.29, 0.717) is 23.7 Å². The van der Waals surface area contributed by atoms with Gasteiger partial charge in [-0.05, 0) is 42.8 Å². The Balaban J connectivity index is 1.80. The van der Waals surface area contributed by atoms with Gasteiger partial charge in [-0.15, -0.1) is 0 Å². The molecule has 0 saturated carbocycles. The van der Waals surface area contributed by atoms with Crippen LogP contribution < -0.4 is 20.3 Å². The number of ether oxygens (including phenoxy) is 3. The maximum atomic E-state index is 13.5. The third-order valence-electron chi connectivity index (χ3n) is 3.68. The predicted molar refractivity (Wildman–Crippen MR) is 106 cm³/mol. The molecule has 0 fully saturated rings. The van der Waals surface area contributed by atoms with Crippen LogP contribution >= 0.6 is 0 Å². The summed E-state index contributed by atoms with van der Waals surface area (Å²) in [4.78, 5) is 35.2. The van der Waals surface area contributed by atoms with Crippen LogP contribution in [0.25, 0.3) is 6.08 Å². The highest BCUT2D eigenvalue weighted by Crippen LogP contribution is 2.28. The first kappa shape index (κ1) is 22.4. The fraction of sp³-hybridized carbons (Fsp3) is 0.190. The van der Waals surface area contributed by atoms with Gasteiger partial charge in [-0.3, -0.25) is 20.4 Å². The summed E-state index contributed by atoms with van der Waals surface area (Å²) in [6.45, 7) is 1.71. The zero-order chi connectivity index (χ0) is 21.9. The highest BCUT2D eigenvalue weighted by molar-refractivity contribution is 5.96. The van der Waals surface area contributed by atoms with Gasteiger partial charge in [-0.2, -0.15) is 0 Å². The second kappa shape index (κ2) is 11.2. The van der Waals surface area contributed by atoms with E-state index in [9.17, 15) is 18.8 Å². The second-order valence-corrected chi connectivity index (χ2v) is 5.77. The fourth-order valence-corrected chi connectivity index (χ4v) is 2.29. The Hall–Kier alpha value is -3.88. The van der Waals surface area contributed by atoms with Gasteiger partial charge in [-0.1, -0.05) is 18.2 Å². The number of carbonyl (C=O) groups excluding carboxylic acids is 3. The largest absolute Gasteiger partial charge is 0.493 e. The highest BCUT2D eigenvalue weighted by atomic mass is 19.1. The van der Waals surface area contributed by atoms with Gasteiger partial charge in [0.05, 0.1) is 19.3 Å². The summed E-state index contributed by atoms with van der Waals surface area (Å²) in [7, 11) is 1.50. The Morgan fingerprint density at radius 1 is 1.07 bits per heavy atom. The van der Waals surface area contributed by atoms with Crippen molar-refractivity contribution < 1.29 is 33.0 Å². The topological polar surface area (TPSA) is 103 Å². The number of hydrazine groups is 1. The smallest absolute Gasteiger partial charge is 0.331 e. The summed E-state index contributed by atoms with van der Waals surface area (Å²) < 4.78 is 28.9. The molecule has 2 aromatic carbocycles. The molecular formula is C21H21FN2O6. The maximum Gasteiger partial charge on any atom is 0.331 e. The van der Waals surface area contributed by atoms with Crippen molar-refractivity contribution in [2.45, 2.75) is 6.92 Å². The standard InChI is InChI=1S/C21H21FN2O6/c1-3-29-17-10-8-14(12-18(17)28-2)9-11-20(26)30-13-19(25)23-24-21(27)15-6-4-5-7-16(15)22/h4-12H,3,13H2,1-2H3,(H,23,25)(H,24,27)/b11-9+. The number of nitrogens with one attached hydrogen (secondary N) is 2. The zero-order valence-corrected chi connectivity index (χ0v) is 16.4. The first-order chi connectivity index (χ1) is 14.4. The first-order valence-corrected chi connectivity index (χ1v) is 8.94. The Bertz CT molecular complexity index is 945. The molecule has 0 aliphatic rings. The summed E-state index contributed by atoms with van der Waals surface area (Å²) in [5.74, 6) is -2.03. The molecule has 0 atom stereocenters. The third-order valence-corrected chi connectivity index (χ3v) is 3.68. The maximum absolute atomic E-state index is 13.5. The highest BCUT2D eigenvalue weighted by Gasteiger charge is 2.12. The van der Waals surface area contributed by atoms with Crippen LogP contribution in [-0.4, -0.2) is 38.1 Å². The van der Waals surface area contributed by atoms with Crippen molar-refractivity contribution in [2.75, 3.05) is 20.3 Å². The summed E-state index contributed by atoms with van der Waals surface area (Å²) >= 11 is 0. The molecule has 8 nitrogen and oxygen atoms in total. The first-order valence-electron chi connectivity index (χ1n) is 8.94. The van der Waals surface area contributed by atoms with E-state index in [0.717, 1.165) is 12.1 Å². The SMILES string of the molecule is CCOc1ccc(/C=C/C(=O)OCC(=O)NNC(=O)c2ccccc2F)cc1OC. The normalized spacial score (nSPS) is 10.4. The molecular weight excluding hydrogens is 395 g/mol. The second-order valence-electron chi connectivity index (χ2n) is 5.77. The van der Waals surface area contributed by atoms with Gasteiger partial charge in [0.15, 0.2) is 18.1 Å². The molecule has 0 unspecified atom stereocenters. The van der Waals surface area contributed by atoms with Gasteiger partial charge in [0.1, 0.15) is 5.82 Å². The van der Waals surface area contributed by atoms with E-state index in [-0.39, 0.29) is 5.56 Å². The van der Waals surface area contributed by atoms with Crippen LogP contribution in [0.4, 0.5) is 4.39 Å². The molecule has 0 aliphatic carbocycles. The number of hydrogen-bond acceptors (Lipinski definition) is 6. The molecule has 0 radical (unpaired) electrons. The minimum Gasteiger partial charge on any atom is -0.493 e. The van der Waals surface area contributed by atoms with Crippen molar-refractivity contribution in [3.63, 3.8) is 0 Å². The number of esters is 1. The van der Waals surface area contributed by atoms with Crippen molar-refractivity contribution in [1.29, 1.82) is 0 Å². The zero-order valence-electron chi connectivity index (χ0n) is 16.4. The number of rotatable bonds is 8. The lowest BCUT2D eigenvalue weighted by molar-refractivity contribution is -0.144. The molecule has 0 aliphatic heterocycles. The average Bonchev–Trinajstić information content (AvgIpc) is 2.75. The molecule has 158 valence electrons. The van der Waals surface area contributed by atoms with Crippen LogP contribution in [0, 0.1) is 5.82 Å². The average molecular weight is 416 g/mol. The van der Waals surface area contributed by atoms with E-state index >= 15 is 0 Å². The molecule has 2 amide bonds. The van der Waals surface area contributed by atoms with Crippen molar-refractivity contribution >= 4 is 23.9 Å². The van der Waals surface area contributed by atoms with E-state index in [4.69, 9.17) is 14.2 Å². The molecule has 2 rings (SSSR count). The van der Waals surface area contributed by atoms with E-state index in [2.05, 4.69) is 0 Å². The van der Waals surface area contributed by atoms with Gasteiger partial charge < -0.3 is 14.2 Å². The Kier molecular flexibility index (Phi) is 8.37. The van der Waals surface area contributed by atoms with Gasteiger partial charge in [0.2, 0.25) is 0 Å². The number of carbonyl (C=O) groups is 3. The Morgan fingerprint density at radius 3 is 2.53 bits per heavy atom. The van der Waals surface area contributed by atoms with Crippen LogP contribution in [0.3, 0.4) is 0 Å². The number of halogens is 1. The molecule has 2 aromatic rings. The number of amides is 2. The number of methoxy groups -OCH3 is 1. The Labute approximate surface area is 172 Å². The molecule has 0 heterocycles. The minimum absolute atomic E-state index is 0.233. The summed E-state index contributed by atoms with van der Waals surface area (Å²) in [5, 5.41) is 0. The van der Waals surface area contributed by atoms with Crippen molar-refractivity contribution in [3.05, 3.63) is 65.5 Å². The minimum atomic E-state index is -0.836. The fourth-order valence-electron chi connectivity index (χ4n) is 2.29. The lowest BCUT2D eigenvalue weighted by atomic mass is 10.2. The monoisotopic (exact) mass is 416 g/mol. The van der Waals surface area contributed by atoms with Gasteiger partial charge in [-0.25, -0.2) is 9.18 Å². The summed E-state index contributed by atoms with van der Waals surface area (Å²) in [6, 6.07) is 10.4. The van der Waals surface area contributed by atoms with Crippen molar-refractivity contribution in [2.24, 2.45) is 0 Å². The third kappa shape index (κ3) is 6.62. The molecule has 0 bridgehead atoms. The van der Waals surface area contributed by atoms with Gasteiger partial charge in [0.25, 0.3) is 11.8 Å². The summed E-state index contributed by atoms with van der Waals surface area (Å²) in [6.07, 6.45) is 2.62. The molecule has 9 heteroatoms. The molecule has 0 aromatic heterocycles. The predicted octanol–water partition coefficient (Wildman–Crippen LogP) is 2.25. The van der Waals surface area contributed by atoms with Crippen molar-refractivity contribution in [1.82, 2.24) is 10.9 Å². The van der Waals surface area contributed by atoms with Crippen LogP contribution in [-0.2, 0) is 14.3 Å². The molecule has 0 saturated heterocycles. The lowest BCUT2D eigenvalue weighted by Crippen LogP contribution is -2.43. The van der Waals surface area contributed by atoms with E-state index in [1.165, 1.54) is 31.4 Å². The quantitative estimate of drug-likeness (QED) is 0.389. The van der Waals surface area contributed by atoms with E-state index in [1.54, 1.807) is 18.2 Å². The summed E-state index contributed by atoms with van der Waals surface area (Å²) in [5.41, 5.74) is 4.50. The van der Waals surface area contributed by atoms with E-state index < -0.39 is 30.2 Å². The van der Waals surface area contributed by atoms with E-state index in [1.807, 2.05) is 17.8 Å². The molecule has 0 spiro atoms. The van der Waals surface area contributed by atoms with Crippen LogP contribution in [0.5, 0.6) is 11.5 Å². The van der Waals surface area contributed by atoms with Crippen LogP contribution in [0.1, 0.15) is 22.8 Å². The number of benzene rings is 2. The molecule has 30 heavy (non-hydrogen) atoms. The van der Waals surface area contributed by atoms with Crippen LogP contribution in [0.15, 0.2) is 48.5 Å². The Morgan fingerprint density at radius 2 is 1.83 bits per heavy atom. The van der Waals surface area contributed by atoms with Crippen molar-refractivity contribution in [3.8, 4) is 11.5 Å². The molecule has 2 N–H and O–H groups in total. The van der Waals surface area contributed by atoms with Crippen LogP contribution in [0.2, 0.25) is 0 Å².